The highest BCUT2D eigenvalue weighted by molar-refractivity contribution is 5.13. The van der Waals surface area contributed by atoms with Crippen LogP contribution in [0.25, 0.3) is 0 Å². The van der Waals surface area contributed by atoms with Crippen LogP contribution in [0.15, 0.2) is 30.3 Å². The molecule has 1 rings (SSSR count). The first kappa shape index (κ1) is 13.1. The maximum Gasteiger partial charge on any atom is 0.0897 e. The lowest BCUT2D eigenvalue weighted by Crippen LogP contribution is -2.33. The second-order valence-corrected chi connectivity index (χ2v) is 3.65. The van der Waals surface area contributed by atoms with Crippen LogP contribution in [-0.2, 0) is 11.3 Å². The van der Waals surface area contributed by atoms with Gasteiger partial charge in [-0.2, -0.15) is 0 Å². The Bertz CT molecular complexity index is 267. The van der Waals surface area contributed by atoms with E-state index in [1.807, 2.05) is 30.3 Å². The number of rotatable bonds is 8. The van der Waals surface area contributed by atoms with Crippen LogP contribution >= 0.6 is 0 Å². The lowest BCUT2D eigenvalue weighted by Gasteiger charge is -2.11. The van der Waals surface area contributed by atoms with E-state index < -0.39 is 6.10 Å². The lowest BCUT2D eigenvalue weighted by molar-refractivity contribution is 0.0291. The van der Waals surface area contributed by atoms with Crippen molar-refractivity contribution in [3.05, 3.63) is 35.9 Å². The van der Waals surface area contributed by atoms with Crippen LogP contribution in [0.2, 0.25) is 0 Å². The van der Waals surface area contributed by atoms with E-state index in [1.54, 1.807) is 0 Å². The van der Waals surface area contributed by atoms with Gasteiger partial charge < -0.3 is 20.9 Å². The van der Waals surface area contributed by atoms with E-state index in [-0.39, 0.29) is 0 Å². The van der Waals surface area contributed by atoms with Gasteiger partial charge in [0.05, 0.1) is 19.3 Å². The van der Waals surface area contributed by atoms with Crippen molar-refractivity contribution in [1.82, 2.24) is 5.32 Å². The molecule has 1 aromatic carbocycles. The van der Waals surface area contributed by atoms with Gasteiger partial charge in [-0.3, -0.25) is 0 Å². The number of nitrogens with two attached hydrogens (primary N) is 1. The van der Waals surface area contributed by atoms with Gasteiger partial charge in [0.2, 0.25) is 0 Å². The topological polar surface area (TPSA) is 67.5 Å². The first-order valence-electron chi connectivity index (χ1n) is 5.53. The first-order valence-corrected chi connectivity index (χ1v) is 5.53. The number of benzene rings is 1. The predicted molar refractivity (Wildman–Crippen MR) is 64.0 cm³/mol. The molecule has 0 saturated heterocycles. The predicted octanol–water partition coefficient (Wildman–Crippen LogP) is 0.112. The van der Waals surface area contributed by atoms with E-state index >= 15 is 0 Å². The summed E-state index contributed by atoms with van der Waals surface area (Å²) >= 11 is 0. The van der Waals surface area contributed by atoms with Crippen molar-refractivity contribution < 1.29 is 9.84 Å². The Morgan fingerprint density at radius 2 is 2.06 bits per heavy atom. The van der Waals surface area contributed by atoms with Crippen LogP contribution in [0.4, 0.5) is 0 Å². The number of aliphatic hydroxyl groups is 1. The molecule has 0 fully saturated rings. The molecule has 1 aromatic rings. The van der Waals surface area contributed by atoms with Gasteiger partial charge in [-0.1, -0.05) is 30.3 Å². The summed E-state index contributed by atoms with van der Waals surface area (Å²) < 4.78 is 5.39. The molecule has 0 amide bonds. The zero-order chi connectivity index (χ0) is 11.6. The maximum absolute atomic E-state index is 9.53. The van der Waals surface area contributed by atoms with Crippen molar-refractivity contribution in [3.8, 4) is 0 Å². The largest absolute Gasteiger partial charge is 0.389 e. The fourth-order valence-electron chi connectivity index (χ4n) is 1.32. The lowest BCUT2D eigenvalue weighted by atomic mass is 10.2. The number of ether oxygens (including phenoxy) is 1. The van der Waals surface area contributed by atoms with Gasteiger partial charge in [-0.05, 0) is 5.56 Å². The molecule has 1 unspecified atom stereocenters. The van der Waals surface area contributed by atoms with Crippen molar-refractivity contribution in [1.29, 1.82) is 0 Å². The molecular weight excluding hydrogens is 204 g/mol. The van der Waals surface area contributed by atoms with Gasteiger partial charge in [0.25, 0.3) is 0 Å². The van der Waals surface area contributed by atoms with Crippen molar-refractivity contribution in [2.45, 2.75) is 12.7 Å². The van der Waals surface area contributed by atoms with E-state index in [1.165, 1.54) is 0 Å². The minimum atomic E-state index is -0.477. The Labute approximate surface area is 96.4 Å². The molecule has 0 aliphatic heterocycles. The van der Waals surface area contributed by atoms with E-state index in [2.05, 4.69) is 5.32 Å². The van der Waals surface area contributed by atoms with Gasteiger partial charge in [-0.25, -0.2) is 0 Å². The van der Waals surface area contributed by atoms with Gasteiger partial charge in [-0.15, -0.1) is 0 Å². The highest BCUT2D eigenvalue weighted by Crippen LogP contribution is 2.00. The summed E-state index contributed by atoms with van der Waals surface area (Å²) in [5.41, 5.74) is 6.43. The van der Waals surface area contributed by atoms with E-state index in [0.29, 0.717) is 26.3 Å². The molecule has 4 heteroatoms. The normalized spacial score (nSPS) is 12.6. The first-order chi connectivity index (χ1) is 7.83. The van der Waals surface area contributed by atoms with Crippen LogP contribution in [0.5, 0.6) is 0 Å². The quantitative estimate of drug-likeness (QED) is 0.548. The molecule has 0 spiro atoms. The minimum absolute atomic E-state index is 0.340. The van der Waals surface area contributed by atoms with Crippen molar-refractivity contribution >= 4 is 0 Å². The number of hydrogen-bond donors (Lipinski definition) is 3. The Hall–Kier alpha value is -0.940. The summed E-state index contributed by atoms with van der Waals surface area (Å²) in [5.74, 6) is 0. The van der Waals surface area contributed by atoms with E-state index in [0.717, 1.165) is 12.1 Å². The summed E-state index contributed by atoms with van der Waals surface area (Å²) in [6, 6.07) is 9.91. The molecular formula is C12H20N2O2. The summed E-state index contributed by atoms with van der Waals surface area (Å²) in [7, 11) is 0. The van der Waals surface area contributed by atoms with Crippen LogP contribution < -0.4 is 11.1 Å². The number of hydrogen-bond acceptors (Lipinski definition) is 4. The zero-order valence-corrected chi connectivity index (χ0v) is 9.43. The summed E-state index contributed by atoms with van der Waals surface area (Å²) in [6.45, 7) is 2.70. The Balaban J connectivity index is 2.06. The fourth-order valence-corrected chi connectivity index (χ4v) is 1.32. The Kier molecular flexibility index (Phi) is 6.76. The van der Waals surface area contributed by atoms with Gasteiger partial charge >= 0.3 is 0 Å². The summed E-state index contributed by atoms with van der Waals surface area (Å²) in [4.78, 5) is 0. The second kappa shape index (κ2) is 8.24. The monoisotopic (exact) mass is 224 g/mol. The molecule has 0 saturated carbocycles. The molecule has 4 N–H and O–H groups in total. The maximum atomic E-state index is 9.53. The third-order valence-electron chi connectivity index (χ3n) is 2.12. The summed E-state index contributed by atoms with van der Waals surface area (Å²) in [6.07, 6.45) is -0.477. The van der Waals surface area contributed by atoms with Gasteiger partial charge in [0.15, 0.2) is 0 Å². The fraction of sp³-hybridized carbons (Fsp3) is 0.500. The second-order valence-electron chi connectivity index (χ2n) is 3.65. The third kappa shape index (κ3) is 5.82. The smallest absolute Gasteiger partial charge is 0.0897 e. The molecule has 0 aliphatic carbocycles. The molecule has 16 heavy (non-hydrogen) atoms. The Morgan fingerprint density at radius 3 is 2.75 bits per heavy atom. The highest BCUT2D eigenvalue weighted by atomic mass is 16.5. The average molecular weight is 224 g/mol. The SMILES string of the molecule is NCCNCC(O)COCc1ccccc1. The Morgan fingerprint density at radius 1 is 1.31 bits per heavy atom. The number of nitrogens with one attached hydrogen (secondary N) is 1. The molecule has 0 bridgehead atoms. The standard InChI is InChI=1S/C12H20N2O2/c13-6-7-14-8-12(15)10-16-9-11-4-2-1-3-5-11/h1-5,12,14-15H,6-10,13H2. The zero-order valence-electron chi connectivity index (χ0n) is 9.43. The minimum Gasteiger partial charge on any atom is -0.389 e. The highest BCUT2D eigenvalue weighted by Gasteiger charge is 2.03. The van der Waals surface area contributed by atoms with Crippen LogP contribution in [0.1, 0.15) is 5.56 Å². The van der Waals surface area contributed by atoms with Gasteiger partial charge in [0, 0.05) is 19.6 Å². The molecule has 4 nitrogen and oxygen atoms in total. The molecule has 90 valence electrons. The van der Waals surface area contributed by atoms with E-state index in [4.69, 9.17) is 10.5 Å². The average Bonchev–Trinajstić information content (AvgIpc) is 2.31. The van der Waals surface area contributed by atoms with Gasteiger partial charge in [0.1, 0.15) is 0 Å². The van der Waals surface area contributed by atoms with Crippen molar-refractivity contribution in [2.75, 3.05) is 26.2 Å². The third-order valence-corrected chi connectivity index (χ3v) is 2.12. The number of aliphatic hydroxyl groups excluding tert-OH is 1. The van der Waals surface area contributed by atoms with Crippen molar-refractivity contribution in [2.24, 2.45) is 5.73 Å². The molecule has 0 radical (unpaired) electrons. The van der Waals surface area contributed by atoms with Crippen LogP contribution in [-0.4, -0.2) is 37.5 Å². The summed E-state index contributed by atoms with van der Waals surface area (Å²) in [5, 5.41) is 12.6. The molecule has 0 heterocycles. The molecule has 1 atom stereocenters. The van der Waals surface area contributed by atoms with Crippen LogP contribution in [0.3, 0.4) is 0 Å². The van der Waals surface area contributed by atoms with Crippen LogP contribution in [0, 0.1) is 0 Å². The van der Waals surface area contributed by atoms with E-state index in [9.17, 15) is 5.11 Å². The van der Waals surface area contributed by atoms with Crippen molar-refractivity contribution in [3.63, 3.8) is 0 Å². The molecule has 0 aromatic heterocycles. The molecule has 0 aliphatic rings.